The van der Waals surface area contributed by atoms with Crippen LogP contribution in [0, 0.1) is 5.92 Å². The van der Waals surface area contributed by atoms with Gasteiger partial charge in [0, 0.05) is 30.9 Å². The summed E-state index contributed by atoms with van der Waals surface area (Å²) in [5.74, 6) is 1.63. The molecule has 0 aliphatic carbocycles. The van der Waals surface area contributed by atoms with Gasteiger partial charge in [0.25, 0.3) is 0 Å². The Morgan fingerprint density at radius 3 is 2.85 bits per heavy atom. The molecule has 3 saturated heterocycles. The first-order valence-corrected chi connectivity index (χ1v) is 7.78. The fourth-order valence-corrected chi connectivity index (χ4v) is 3.33. The van der Waals surface area contributed by atoms with Crippen molar-refractivity contribution in [3.05, 3.63) is 23.9 Å². The van der Waals surface area contributed by atoms with E-state index in [9.17, 15) is 0 Å². The predicted molar refractivity (Wildman–Crippen MR) is 79.8 cm³/mol. The molecule has 0 saturated carbocycles. The number of pyridine rings is 1. The van der Waals surface area contributed by atoms with Crippen LogP contribution in [0.3, 0.4) is 0 Å². The molecule has 1 aromatic heterocycles. The van der Waals surface area contributed by atoms with Gasteiger partial charge in [0.2, 0.25) is 5.88 Å². The lowest BCUT2D eigenvalue weighted by molar-refractivity contribution is 0.0718. The van der Waals surface area contributed by atoms with Crippen molar-refractivity contribution >= 4 is 0 Å². The fourth-order valence-electron chi connectivity index (χ4n) is 3.33. The van der Waals surface area contributed by atoms with Gasteiger partial charge < -0.3 is 15.0 Å². The highest BCUT2D eigenvalue weighted by Crippen LogP contribution is 2.28. The summed E-state index contributed by atoms with van der Waals surface area (Å²) in [7, 11) is 0. The molecule has 4 heterocycles. The molecule has 1 atom stereocenters. The van der Waals surface area contributed by atoms with E-state index in [2.05, 4.69) is 21.3 Å². The van der Waals surface area contributed by atoms with E-state index in [0.29, 0.717) is 6.04 Å². The van der Waals surface area contributed by atoms with Crippen LogP contribution in [0.5, 0.6) is 5.88 Å². The topological polar surface area (TPSA) is 37.4 Å². The summed E-state index contributed by atoms with van der Waals surface area (Å²) < 4.78 is 5.79. The van der Waals surface area contributed by atoms with Crippen LogP contribution in [0.1, 0.15) is 32.3 Å². The number of nitrogens with one attached hydrogen (secondary N) is 1. The van der Waals surface area contributed by atoms with Crippen LogP contribution in [-0.2, 0) is 6.54 Å². The summed E-state index contributed by atoms with van der Waals surface area (Å²) in [6.07, 6.45) is 4.66. The standard InChI is InChI=1S/C16H25N3O/c1-12(2)20-16-14(4-3-7-17-16)10-18-15-11-19-8-5-13(15)6-9-19/h3-4,7,12-13,15,18H,5-6,8-11H2,1-2H3. The Balaban J connectivity index is 1.61. The number of aromatic nitrogens is 1. The highest BCUT2D eigenvalue weighted by Gasteiger charge is 2.33. The molecular formula is C16H25N3O. The van der Waals surface area contributed by atoms with Crippen LogP contribution in [0.15, 0.2) is 18.3 Å². The number of nitrogens with zero attached hydrogens (tertiary/aromatic N) is 2. The normalized spacial score (nSPS) is 28.9. The van der Waals surface area contributed by atoms with Crippen molar-refractivity contribution in [2.45, 2.75) is 45.4 Å². The van der Waals surface area contributed by atoms with Crippen LogP contribution in [0.25, 0.3) is 0 Å². The molecule has 2 bridgehead atoms. The average molecular weight is 275 g/mol. The fraction of sp³-hybridized carbons (Fsp3) is 0.688. The van der Waals surface area contributed by atoms with Gasteiger partial charge >= 0.3 is 0 Å². The molecular weight excluding hydrogens is 250 g/mol. The third kappa shape index (κ3) is 3.13. The van der Waals surface area contributed by atoms with E-state index in [4.69, 9.17) is 4.74 Å². The summed E-state index contributed by atoms with van der Waals surface area (Å²) >= 11 is 0. The zero-order chi connectivity index (χ0) is 13.9. The zero-order valence-electron chi connectivity index (χ0n) is 12.5. The molecule has 1 N–H and O–H groups in total. The molecule has 110 valence electrons. The summed E-state index contributed by atoms with van der Waals surface area (Å²) in [4.78, 5) is 6.93. The Morgan fingerprint density at radius 2 is 2.20 bits per heavy atom. The average Bonchev–Trinajstić information content (AvgIpc) is 2.47. The maximum Gasteiger partial charge on any atom is 0.218 e. The van der Waals surface area contributed by atoms with Gasteiger partial charge in [-0.15, -0.1) is 0 Å². The molecule has 4 rings (SSSR count). The lowest BCUT2D eigenvalue weighted by Crippen LogP contribution is -2.55. The molecule has 3 fully saturated rings. The largest absolute Gasteiger partial charge is 0.475 e. The van der Waals surface area contributed by atoms with Gasteiger partial charge in [0.05, 0.1) is 6.10 Å². The Kier molecular flexibility index (Phi) is 4.22. The molecule has 3 aliphatic rings. The van der Waals surface area contributed by atoms with E-state index in [-0.39, 0.29) is 6.10 Å². The summed E-state index contributed by atoms with van der Waals surface area (Å²) in [5, 5.41) is 3.72. The van der Waals surface area contributed by atoms with E-state index in [0.717, 1.165) is 23.9 Å². The van der Waals surface area contributed by atoms with E-state index in [1.165, 1.54) is 32.5 Å². The number of piperidine rings is 3. The van der Waals surface area contributed by atoms with E-state index in [1.807, 2.05) is 19.9 Å². The van der Waals surface area contributed by atoms with Crippen molar-refractivity contribution in [2.24, 2.45) is 5.92 Å². The van der Waals surface area contributed by atoms with Crippen LogP contribution in [0.4, 0.5) is 0 Å². The van der Waals surface area contributed by atoms with Crippen molar-refractivity contribution < 1.29 is 4.74 Å². The minimum Gasteiger partial charge on any atom is -0.475 e. The number of ether oxygens (including phenoxy) is 1. The van der Waals surface area contributed by atoms with Crippen molar-refractivity contribution in [1.82, 2.24) is 15.2 Å². The first-order chi connectivity index (χ1) is 9.72. The molecule has 4 heteroatoms. The van der Waals surface area contributed by atoms with Crippen molar-refractivity contribution in [3.8, 4) is 5.88 Å². The Bertz CT molecular complexity index is 441. The van der Waals surface area contributed by atoms with Crippen molar-refractivity contribution in [2.75, 3.05) is 19.6 Å². The lowest BCUT2D eigenvalue weighted by Gasteiger charge is -2.45. The second kappa shape index (κ2) is 6.10. The Hall–Kier alpha value is -1.13. The van der Waals surface area contributed by atoms with Crippen LogP contribution in [0.2, 0.25) is 0 Å². The second-order valence-corrected chi connectivity index (χ2v) is 6.26. The summed E-state index contributed by atoms with van der Waals surface area (Å²) in [6, 6.07) is 4.73. The summed E-state index contributed by atoms with van der Waals surface area (Å²) in [6.45, 7) is 8.71. The number of fused-ring (bicyclic) bond motifs is 3. The van der Waals surface area contributed by atoms with Gasteiger partial charge in [-0.1, -0.05) is 6.07 Å². The van der Waals surface area contributed by atoms with E-state index in [1.54, 1.807) is 6.20 Å². The molecule has 20 heavy (non-hydrogen) atoms. The van der Waals surface area contributed by atoms with Gasteiger partial charge in [-0.2, -0.15) is 0 Å². The van der Waals surface area contributed by atoms with Gasteiger partial charge in [-0.25, -0.2) is 4.98 Å². The summed E-state index contributed by atoms with van der Waals surface area (Å²) in [5.41, 5.74) is 1.16. The number of hydrogen-bond donors (Lipinski definition) is 1. The van der Waals surface area contributed by atoms with E-state index >= 15 is 0 Å². The molecule has 1 unspecified atom stereocenters. The molecule has 4 nitrogen and oxygen atoms in total. The number of hydrogen-bond acceptors (Lipinski definition) is 4. The smallest absolute Gasteiger partial charge is 0.218 e. The second-order valence-electron chi connectivity index (χ2n) is 6.26. The molecule has 1 aromatic rings. The first kappa shape index (κ1) is 13.8. The van der Waals surface area contributed by atoms with Gasteiger partial charge in [0.15, 0.2) is 0 Å². The number of rotatable bonds is 5. The highest BCUT2D eigenvalue weighted by atomic mass is 16.5. The predicted octanol–water partition coefficient (Wildman–Crippen LogP) is 2.05. The molecule has 3 aliphatic heterocycles. The quantitative estimate of drug-likeness (QED) is 0.892. The third-order valence-corrected chi connectivity index (χ3v) is 4.41. The van der Waals surface area contributed by atoms with Crippen LogP contribution in [-0.4, -0.2) is 41.7 Å². The van der Waals surface area contributed by atoms with Gasteiger partial charge in [-0.05, 0) is 51.8 Å². The van der Waals surface area contributed by atoms with Gasteiger partial charge in [0.1, 0.15) is 0 Å². The molecule has 0 radical (unpaired) electrons. The highest BCUT2D eigenvalue weighted by molar-refractivity contribution is 5.25. The third-order valence-electron chi connectivity index (χ3n) is 4.41. The van der Waals surface area contributed by atoms with Crippen molar-refractivity contribution in [3.63, 3.8) is 0 Å². The van der Waals surface area contributed by atoms with Crippen LogP contribution >= 0.6 is 0 Å². The van der Waals surface area contributed by atoms with E-state index < -0.39 is 0 Å². The van der Waals surface area contributed by atoms with Crippen LogP contribution < -0.4 is 10.1 Å². The van der Waals surface area contributed by atoms with Crippen molar-refractivity contribution in [1.29, 1.82) is 0 Å². The lowest BCUT2D eigenvalue weighted by atomic mass is 9.84. The maximum absolute atomic E-state index is 5.79. The monoisotopic (exact) mass is 275 g/mol. The maximum atomic E-state index is 5.79. The Morgan fingerprint density at radius 1 is 1.40 bits per heavy atom. The minimum absolute atomic E-state index is 0.167. The van der Waals surface area contributed by atoms with Gasteiger partial charge in [-0.3, -0.25) is 0 Å². The molecule has 0 aromatic carbocycles. The SMILES string of the molecule is CC(C)Oc1ncccc1CNC1CN2CCC1CC2. The Labute approximate surface area is 121 Å². The molecule has 0 amide bonds. The zero-order valence-corrected chi connectivity index (χ0v) is 12.5. The minimum atomic E-state index is 0.167. The first-order valence-electron chi connectivity index (χ1n) is 7.78. The molecule has 0 spiro atoms.